The quantitative estimate of drug-likeness (QED) is 0.195. The molecule has 0 aromatic carbocycles. The Hall–Kier alpha value is -3.37. The third-order valence-corrected chi connectivity index (χ3v) is 13.7. The van der Waals surface area contributed by atoms with Gasteiger partial charge in [-0.2, -0.15) is 0 Å². The highest BCUT2D eigenvalue weighted by molar-refractivity contribution is 6.39. The van der Waals surface area contributed by atoms with Gasteiger partial charge in [0.15, 0.2) is 5.78 Å². The van der Waals surface area contributed by atoms with Crippen LogP contribution in [0.25, 0.3) is 0 Å². The molecule has 4 aliphatic heterocycles. The summed E-state index contributed by atoms with van der Waals surface area (Å²) in [6.07, 6.45) is 12.4. The number of cyclic esters (lactones) is 1. The minimum absolute atomic E-state index is 0.00122. The first-order valence-corrected chi connectivity index (χ1v) is 22.7. The van der Waals surface area contributed by atoms with Crippen LogP contribution in [0.3, 0.4) is 0 Å². The summed E-state index contributed by atoms with van der Waals surface area (Å²) in [4.78, 5) is 70.7. The summed E-state index contributed by atoms with van der Waals surface area (Å²) in [6.45, 7) is 7.53. The highest BCUT2D eigenvalue weighted by Gasteiger charge is 2.53. The van der Waals surface area contributed by atoms with Crippen molar-refractivity contribution in [2.24, 2.45) is 17.8 Å². The van der Waals surface area contributed by atoms with Gasteiger partial charge in [-0.15, -0.1) is 0 Å². The third-order valence-electron chi connectivity index (χ3n) is 13.7. The molecule has 2 N–H and O–H groups in total. The minimum Gasteiger partial charge on any atom is -0.460 e. The van der Waals surface area contributed by atoms with Gasteiger partial charge in [-0.1, -0.05) is 50.3 Å². The third kappa shape index (κ3) is 12.5. The smallest absolute Gasteiger partial charge is 0.329 e. The zero-order valence-corrected chi connectivity index (χ0v) is 37.8. The molecule has 0 aromatic heterocycles. The van der Waals surface area contributed by atoms with Crippen LogP contribution >= 0.6 is 0 Å². The van der Waals surface area contributed by atoms with Crippen molar-refractivity contribution in [3.63, 3.8) is 0 Å². The van der Waals surface area contributed by atoms with Crippen LogP contribution in [0.5, 0.6) is 0 Å². The van der Waals surface area contributed by atoms with Crippen LogP contribution in [-0.4, -0.2) is 133 Å². The van der Waals surface area contributed by atoms with Crippen molar-refractivity contribution in [3.8, 4) is 0 Å². The van der Waals surface area contributed by atoms with E-state index in [2.05, 4.69) is 0 Å². The SMILES string of the molecule is COC1CC(CC[C@@H]2CC(=O)C/C=C(\C)[C@H]3OC(C[C@H](C)/C=C/C=C/C=C(\C)[C@@H](OC)C[C@@H]4CCC(C)C(O)(O4)C(=O)C(=O)N4CCCCC4C(=O)O2)C(=O)C3OC)CC[C@H]1O. The zero-order valence-electron chi connectivity index (χ0n) is 37.8. The Bertz CT molecular complexity index is 1700. The minimum atomic E-state index is -2.40. The van der Waals surface area contributed by atoms with Crippen molar-refractivity contribution in [1.82, 2.24) is 4.90 Å². The predicted octanol–water partition coefficient (Wildman–Crippen LogP) is 5.46. The van der Waals surface area contributed by atoms with E-state index in [1.807, 2.05) is 51.2 Å². The highest BCUT2D eigenvalue weighted by Crippen LogP contribution is 2.37. The Kier molecular flexibility index (Phi) is 18.4. The number of allylic oxidation sites excluding steroid dienone is 6. The van der Waals surface area contributed by atoms with Crippen molar-refractivity contribution >= 4 is 29.2 Å². The number of carbonyl (C=O) groups excluding carboxylic acids is 5. The summed E-state index contributed by atoms with van der Waals surface area (Å²) in [6, 6.07) is -1.10. The normalized spacial score (nSPS) is 40.5. The summed E-state index contributed by atoms with van der Waals surface area (Å²) in [5.41, 5.74) is 1.57. The number of rotatable bonds is 6. The number of fused-ring (bicyclic) bond motifs is 5. The molecule has 1 amide bonds. The average molecular weight is 870 g/mol. The molecule has 0 spiro atoms. The number of piperidine rings is 1. The second kappa shape index (κ2) is 23.0. The van der Waals surface area contributed by atoms with Gasteiger partial charge in [-0.25, -0.2) is 4.79 Å². The summed E-state index contributed by atoms with van der Waals surface area (Å²) >= 11 is 0. The van der Waals surface area contributed by atoms with E-state index in [9.17, 15) is 34.2 Å². The lowest BCUT2D eigenvalue weighted by Crippen LogP contribution is -2.60. The van der Waals surface area contributed by atoms with E-state index in [1.54, 1.807) is 27.2 Å². The highest BCUT2D eigenvalue weighted by atomic mass is 16.6. The number of hydrogen-bond acceptors (Lipinski definition) is 13. The fraction of sp³-hybridized carbons (Fsp3) is 0.729. The van der Waals surface area contributed by atoms with Crippen molar-refractivity contribution in [2.75, 3.05) is 27.9 Å². The standard InChI is InChI=1S/C48H71NO13/c1-29-13-9-8-10-14-30(2)39(57-5)28-36-21-17-32(4)48(56,62-36)45(53)46(54)49-24-12-11-15-37(49)47(55)60-35(22-18-33-19-23-38(51)40(26-33)58-6)27-34(50)20-16-31(3)43-44(59-7)42(52)41(25-29)61-43/h8-10,13-14,16,29,32-33,35-41,43-44,51,56H,11-12,15,17-28H2,1-7H3/b10-8+,13-9+,30-14+,31-16+/t29-,32?,33?,35-,36+,37?,38-,39+,40?,41?,43-,44?,48?/m1/s1. The number of esters is 1. The molecule has 62 heavy (non-hydrogen) atoms. The van der Waals surface area contributed by atoms with Crippen LogP contribution in [0, 0.1) is 17.8 Å². The zero-order chi connectivity index (χ0) is 45.1. The maximum Gasteiger partial charge on any atom is 0.329 e. The van der Waals surface area contributed by atoms with Crippen molar-refractivity contribution < 1.29 is 62.6 Å². The molecule has 5 rings (SSSR count). The Morgan fingerprint density at radius 3 is 2.35 bits per heavy atom. The summed E-state index contributed by atoms with van der Waals surface area (Å²) in [5, 5.41) is 22.3. The molecule has 7 unspecified atom stereocenters. The maximum absolute atomic E-state index is 14.1. The van der Waals surface area contributed by atoms with Gasteiger partial charge in [0, 0.05) is 53.1 Å². The summed E-state index contributed by atoms with van der Waals surface area (Å²) < 4.78 is 35.5. The first kappa shape index (κ1) is 49.6. The van der Waals surface area contributed by atoms with E-state index >= 15 is 0 Å². The number of nitrogens with zero attached hydrogens (tertiary/aromatic N) is 1. The average Bonchev–Trinajstić information content (AvgIpc) is 3.58. The molecule has 4 bridgehead atoms. The molecule has 13 atom stereocenters. The van der Waals surface area contributed by atoms with Crippen molar-refractivity contribution in [1.29, 1.82) is 0 Å². The van der Waals surface area contributed by atoms with E-state index in [0.29, 0.717) is 69.8 Å². The molecule has 4 heterocycles. The van der Waals surface area contributed by atoms with Crippen LogP contribution in [0.4, 0.5) is 0 Å². The first-order chi connectivity index (χ1) is 29.6. The molecule has 14 nitrogen and oxygen atoms in total. The van der Waals surface area contributed by atoms with Gasteiger partial charge in [0.25, 0.3) is 11.7 Å². The van der Waals surface area contributed by atoms with Gasteiger partial charge < -0.3 is 43.5 Å². The molecule has 3 saturated heterocycles. The molecule has 0 aromatic rings. The van der Waals surface area contributed by atoms with Gasteiger partial charge in [-0.3, -0.25) is 19.2 Å². The van der Waals surface area contributed by atoms with Gasteiger partial charge >= 0.3 is 5.97 Å². The van der Waals surface area contributed by atoms with Gasteiger partial charge in [0.2, 0.25) is 5.79 Å². The molecule has 1 aliphatic carbocycles. The number of methoxy groups -OCH3 is 3. The molecule has 0 radical (unpaired) electrons. The summed E-state index contributed by atoms with van der Waals surface area (Å²) in [7, 11) is 4.63. The number of aliphatic hydroxyl groups excluding tert-OH is 1. The fourth-order valence-corrected chi connectivity index (χ4v) is 9.67. The number of ether oxygens (including phenoxy) is 6. The van der Waals surface area contributed by atoms with E-state index in [-0.39, 0.29) is 55.3 Å². The van der Waals surface area contributed by atoms with E-state index in [1.165, 1.54) is 12.0 Å². The van der Waals surface area contributed by atoms with Gasteiger partial charge in [0.1, 0.15) is 36.2 Å². The van der Waals surface area contributed by atoms with Crippen LogP contribution in [-0.2, 0) is 52.4 Å². The Balaban J connectivity index is 1.43. The van der Waals surface area contributed by atoms with E-state index in [4.69, 9.17) is 28.4 Å². The molecule has 4 fully saturated rings. The number of carbonyl (C=O) groups is 5. The molecule has 5 aliphatic rings. The lowest BCUT2D eigenvalue weighted by atomic mass is 9.82. The number of hydrogen-bond donors (Lipinski definition) is 2. The van der Waals surface area contributed by atoms with E-state index in [0.717, 1.165) is 12.0 Å². The van der Waals surface area contributed by atoms with Crippen molar-refractivity contribution in [2.45, 2.75) is 178 Å². The second-order valence-electron chi connectivity index (χ2n) is 18.3. The van der Waals surface area contributed by atoms with Crippen LogP contribution < -0.4 is 0 Å². The second-order valence-corrected chi connectivity index (χ2v) is 18.3. The maximum atomic E-state index is 14.1. The number of aliphatic hydroxyl groups is 2. The fourth-order valence-electron chi connectivity index (χ4n) is 9.67. The first-order valence-electron chi connectivity index (χ1n) is 22.7. The Morgan fingerprint density at radius 2 is 1.63 bits per heavy atom. The number of amides is 1. The van der Waals surface area contributed by atoms with E-state index < -0.39 is 78.1 Å². The van der Waals surface area contributed by atoms with Gasteiger partial charge in [0.05, 0.1) is 24.4 Å². The monoisotopic (exact) mass is 869 g/mol. The lowest BCUT2D eigenvalue weighted by molar-refractivity contribution is -0.265. The predicted molar refractivity (Wildman–Crippen MR) is 230 cm³/mol. The molecular weight excluding hydrogens is 799 g/mol. The Morgan fingerprint density at radius 1 is 0.855 bits per heavy atom. The van der Waals surface area contributed by atoms with Crippen LogP contribution in [0.15, 0.2) is 47.6 Å². The topological polar surface area (TPSA) is 184 Å². The van der Waals surface area contributed by atoms with Crippen LogP contribution in [0.1, 0.15) is 118 Å². The summed E-state index contributed by atoms with van der Waals surface area (Å²) in [5.74, 6) is -6.11. The Labute approximate surface area is 367 Å². The molecule has 1 saturated carbocycles. The number of ketones is 3. The van der Waals surface area contributed by atoms with Gasteiger partial charge in [-0.05, 0) is 107 Å². The van der Waals surface area contributed by atoms with Crippen molar-refractivity contribution in [3.05, 3.63) is 47.6 Å². The lowest BCUT2D eigenvalue weighted by Gasteiger charge is -2.42. The molecular formula is C48H71NO13. The largest absolute Gasteiger partial charge is 0.460 e. The van der Waals surface area contributed by atoms with Crippen LogP contribution in [0.2, 0.25) is 0 Å². The molecule has 14 heteroatoms. The number of Topliss-reactive ketones (excluding diaryl/α,β-unsaturated/α-hetero) is 3. The molecule has 346 valence electrons.